The van der Waals surface area contributed by atoms with Crippen LogP contribution in [-0.2, 0) is 19.6 Å². The van der Waals surface area contributed by atoms with Crippen LogP contribution in [-0.4, -0.2) is 51.9 Å². The Morgan fingerprint density at radius 1 is 1.12 bits per heavy atom. The molecule has 172 valence electrons. The lowest BCUT2D eigenvalue weighted by atomic mass is 10.2. The highest BCUT2D eigenvalue weighted by molar-refractivity contribution is 7.92. The minimum Gasteiger partial charge on any atom is -0.484 e. The fourth-order valence-corrected chi connectivity index (χ4v) is 3.40. The first-order valence-corrected chi connectivity index (χ1v) is 11.5. The average molecular weight is 465 g/mol. The standard InChI is InChI=1S/C21H25FN4O5S/c1-15(2)24-21(28)14-31-17-10-8-16(9-11-17)12-23-25-20(27)13-26(32(3,29)30)19-7-5-4-6-18(19)22/h4-12,15H,13-14H2,1-3H3,(H,24,28)(H,25,27)/b23-12-. The molecule has 0 aliphatic heterocycles. The van der Waals surface area contributed by atoms with Gasteiger partial charge in [-0.3, -0.25) is 13.9 Å². The second-order valence-electron chi connectivity index (χ2n) is 7.09. The van der Waals surface area contributed by atoms with Gasteiger partial charge in [0.2, 0.25) is 10.0 Å². The number of hydrazone groups is 1. The number of nitrogens with one attached hydrogen (secondary N) is 2. The fourth-order valence-electron chi connectivity index (χ4n) is 2.54. The summed E-state index contributed by atoms with van der Waals surface area (Å²) in [4.78, 5) is 23.7. The van der Waals surface area contributed by atoms with E-state index in [2.05, 4.69) is 15.8 Å². The Bertz CT molecular complexity index is 1070. The van der Waals surface area contributed by atoms with Gasteiger partial charge in [0.25, 0.3) is 11.8 Å². The summed E-state index contributed by atoms with van der Waals surface area (Å²) in [6, 6.07) is 11.9. The van der Waals surface area contributed by atoms with E-state index in [0.29, 0.717) is 15.6 Å². The van der Waals surface area contributed by atoms with Gasteiger partial charge < -0.3 is 10.1 Å². The topological polar surface area (TPSA) is 117 Å². The lowest BCUT2D eigenvalue weighted by Gasteiger charge is -2.21. The molecule has 9 nitrogen and oxygen atoms in total. The molecule has 0 heterocycles. The van der Waals surface area contributed by atoms with Gasteiger partial charge in [-0.2, -0.15) is 5.10 Å². The summed E-state index contributed by atoms with van der Waals surface area (Å²) < 4.78 is 44.0. The first-order chi connectivity index (χ1) is 15.1. The second-order valence-corrected chi connectivity index (χ2v) is 9.00. The molecule has 11 heteroatoms. The third-order valence-corrected chi connectivity index (χ3v) is 5.04. The molecule has 0 atom stereocenters. The lowest BCUT2D eigenvalue weighted by molar-refractivity contribution is -0.123. The second kappa shape index (κ2) is 11.2. The molecular formula is C21H25FN4O5S. The number of rotatable bonds is 10. The van der Waals surface area contributed by atoms with E-state index in [1.165, 1.54) is 24.4 Å². The summed E-state index contributed by atoms with van der Waals surface area (Å²) in [5.41, 5.74) is 2.61. The van der Waals surface area contributed by atoms with Gasteiger partial charge >= 0.3 is 0 Å². The van der Waals surface area contributed by atoms with Crippen LogP contribution in [0, 0.1) is 5.82 Å². The van der Waals surface area contributed by atoms with E-state index in [-0.39, 0.29) is 24.2 Å². The monoisotopic (exact) mass is 464 g/mol. The maximum atomic E-state index is 14.0. The molecule has 0 radical (unpaired) electrons. The quantitative estimate of drug-likeness (QED) is 0.410. The van der Waals surface area contributed by atoms with Crippen LogP contribution in [0.25, 0.3) is 0 Å². The number of nitrogens with zero attached hydrogens (tertiary/aromatic N) is 2. The van der Waals surface area contributed by atoms with Gasteiger partial charge in [0.15, 0.2) is 6.61 Å². The highest BCUT2D eigenvalue weighted by Crippen LogP contribution is 2.20. The van der Waals surface area contributed by atoms with Gasteiger partial charge in [0, 0.05) is 6.04 Å². The number of benzene rings is 2. The minimum atomic E-state index is -3.90. The van der Waals surface area contributed by atoms with Crippen LogP contribution < -0.4 is 19.8 Å². The van der Waals surface area contributed by atoms with Gasteiger partial charge in [-0.1, -0.05) is 12.1 Å². The maximum Gasteiger partial charge on any atom is 0.260 e. The molecule has 0 saturated carbocycles. The van der Waals surface area contributed by atoms with E-state index in [4.69, 9.17) is 4.74 Å². The van der Waals surface area contributed by atoms with Gasteiger partial charge in [0.1, 0.15) is 18.1 Å². The number of ether oxygens (including phenoxy) is 1. The van der Waals surface area contributed by atoms with Gasteiger partial charge in [-0.05, 0) is 55.8 Å². The molecule has 2 N–H and O–H groups in total. The molecule has 0 aromatic heterocycles. The van der Waals surface area contributed by atoms with Crippen molar-refractivity contribution in [2.75, 3.05) is 23.7 Å². The molecule has 2 aromatic carbocycles. The Morgan fingerprint density at radius 3 is 2.38 bits per heavy atom. The zero-order valence-electron chi connectivity index (χ0n) is 17.9. The van der Waals surface area contributed by atoms with Crippen molar-refractivity contribution in [3.05, 3.63) is 59.9 Å². The fraction of sp³-hybridized carbons (Fsp3) is 0.286. The summed E-state index contributed by atoms with van der Waals surface area (Å²) in [6.45, 7) is 2.95. The Kier molecular flexibility index (Phi) is 8.71. The molecule has 0 aliphatic carbocycles. The molecule has 0 fully saturated rings. The van der Waals surface area contributed by atoms with Crippen molar-refractivity contribution in [2.24, 2.45) is 5.10 Å². The van der Waals surface area contributed by atoms with Crippen molar-refractivity contribution in [2.45, 2.75) is 19.9 Å². The van der Waals surface area contributed by atoms with E-state index in [1.807, 2.05) is 13.8 Å². The van der Waals surface area contributed by atoms with Crippen molar-refractivity contribution in [1.82, 2.24) is 10.7 Å². The number of hydrogen-bond acceptors (Lipinski definition) is 6. The summed E-state index contributed by atoms with van der Waals surface area (Å²) in [5, 5.41) is 6.50. The van der Waals surface area contributed by atoms with Gasteiger partial charge in [-0.25, -0.2) is 18.2 Å². The van der Waals surface area contributed by atoms with Crippen LogP contribution in [0.3, 0.4) is 0 Å². The lowest BCUT2D eigenvalue weighted by Crippen LogP contribution is -2.39. The molecule has 0 saturated heterocycles. The molecule has 2 amide bonds. The van der Waals surface area contributed by atoms with Crippen LogP contribution in [0.1, 0.15) is 19.4 Å². The number of sulfonamides is 1. The summed E-state index contributed by atoms with van der Waals surface area (Å²) in [7, 11) is -3.90. The van der Waals surface area contributed by atoms with E-state index < -0.39 is 28.3 Å². The number of amides is 2. The van der Waals surface area contributed by atoms with E-state index in [9.17, 15) is 22.4 Å². The Hall–Kier alpha value is -3.47. The third kappa shape index (κ3) is 7.99. The molecule has 0 spiro atoms. The van der Waals surface area contributed by atoms with Crippen molar-refractivity contribution >= 4 is 33.7 Å². The van der Waals surface area contributed by atoms with Crippen LogP contribution in [0.2, 0.25) is 0 Å². The zero-order valence-corrected chi connectivity index (χ0v) is 18.7. The number of anilines is 1. The molecule has 0 unspecified atom stereocenters. The van der Waals surface area contributed by atoms with Crippen LogP contribution in [0.15, 0.2) is 53.6 Å². The first-order valence-electron chi connectivity index (χ1n) is 9.62. The van der Waals surface area contributed by atoms with Crippen molar-refractivity contribution in [1.29, 1.82) is 0 Å². The molecule has 2 rings (SSSR count). The predicted molar refractivity (Wildman–Crippen MR) is 120 cm³/mol. The number of halogens is 1. The van der Waals surface area contributed by atoms with Crippen molar-refractivity contribution in [3.8, 4) is 5.75 Å². The number of carbonyl (C=O) groups is 2. The molecule has 32 heavy (non-hydrogen) atoms. The van der Waals surface area contributed by atoms with Crippen LogP contribution in [0.4, 0.5) is 10.1 Å². The largest absolute Gasteiger partial charge is 0.484 e. The summed E-state index contributed by atoms with van der Waals surface area (Å²) in [5.74, 6) is -1.25. The van der Waals surface area contributed by atoms with Gasteiger partial charge in [0.05, 0.1) is 18.2 Å². The number of para-hydroxylation sites is 1. The average Bonchev–Trinajstić information content (AvgIpc) is 2.71. The maximum absolute atomic E-state index is 14.0. The smallest absolute Gasteiger partial charge is 0.260 e. The van der Waals surface area contributed by atoms with Crippen LogP contribution in [0.5, 0.6) is 5.75 Å². The predicted octanol–water partition coefficient (Wildman–Crippen LogP) is 1.65. The van der Waals surface area contributed by atoms with E-state index >= 15 is 0 Å². The Labute approximate surface area is 186 Å². The summed E-state index contributed by atoms with van der Waals surface area (Å²) >= 11 is 0. The van der Waals surface area contributed by atoms with Crippen molar-refractivity contribution < 1.29 is 27.1 Å². The zero-order chi connectivity index (χ0) is 23.7. The van der Waals surface area contributed by atoms with Gasteiger partial charge in [-0.15, -0.1) is 0 Å². The number of hydrogen-bond donors (Lipinski definition) is 2. The third-order valence-electron chi connectivity index (χ3n) is 3.91. The molecule has 0 bridgehead atoms. The molecule has 0 aliphatic rings. The van der Waals surface area contributed by atoms with E-state index in [0.717, 1.165) is 12.3 Å². The molecule has 2 aromatic rings. The highest BCUT2D eigenvalue weighted by atomic mass is 32.2. The van der Waals surface area contributed by atoms with Crippen molar-refractivity contribution in [3.63, 3.8) is 0 Å². The van der Waals surface area contributed by atoms with Crippen LogP contribution >= 0.6 is 0 Å². The normalized spacial score (nSPS) is 11.4. The number of carbonyl (C=O) groups excluding carboxylic acids is 2. The molecular weight excluding hydrogens is 439 g/mol. The van der Waals surface area contributed by atoms with E-state index in [1.54, 1.807) is 24.3 Å². The Morgan fingerprint density at radius 2 is 1.78 bits per heavy atom. The Balaban J connectivity index is 1.92. The first kappa shape index (κ1) is 24.8. The SMILES string of the molecule is CC(C)NC(=O)COc1ccc(/C=N\NC(=O)CN(c2ccccc2F)S(C)(=O)=O)cc1. The summed E-state index contributed by atoms with van der Waals surface area (Å²) in [6.07, 6.45) is 2.23. The highest BCUT2D eigenvalue weighted by Gasteiger charge is 2.23. The minimum absolute atomic E-state index is 0.0242.